The number of alkyl halides is 3. The number of benzene rings is 1. The lowest BCUT2D eigenvalue weighted by Crippen LogP contribution is -2.41. The topological polar surface area (TPSA) is 59.7 Å². The molecule has 0 N–H and O–H groups in total. The van der Waals surface area contributed by atoms with Crippen LogP contribution in [0.3, 0.4) is 0 Å². The first-order valence-electron chi connectivity index (χ1n) is 9.73. The Labute approximate surface area is 171 Å². The molecule has 30 heavy (non-hydrogen) atoms. The van der Waals surface area contributed by atoms with Crippen LogP contribution in [0, 0.1) is 0 Å². The maximum atomic E-state index is 13.1. The molecule has 4 rings (SSSR count). The molecule has 3 heterocycles. The Hall–Kier alpha value is -2.94. The van der Waals surface area contributed by atoms with E-state index in [-0.39, 0.29) is 18.4 Å². The molecule has 0 radical (unpaired) electrons. The Morgan fingerprint density at radius 3 is 2.70 bits per heavy atom. The number of hydrogen-bond donors (Lipinski definition) is 0. The van der Waals surface area contributed by atoms with Crippen molar-refractivity contribution in [1.29, 1.82) is 0 Å². The fraction of sp³-hybridized carbons (Fsp3) is 0.381. The number of halogens is 3. The number of carbonyl (C=O) groups excluding carboxylic acids is 1. The van der Waals surface area contributed by atoms with Crippen molar-refractivity contribution < 1.29 is 22.7 Å². The summed E-state index contributed by atoms with van der Waals surface area (Å²) in [6.07, 6.45) is -1.95. The predicted octanol–water partition coefficient (Wildman–Crippen LogP) is 3.67. The summed E-state index contributed by atoms with van der Waals surface area (Å²) in [5.41, 5.74) is 0.582. The number of pyridine rings is 1. The van der Waals surface area contributed by atoms with Crippen molar-refractivity contribution in [3.63, 3.8) is 0 Å². The zero-order valence-corrected chi connectivity index (χ0v) is 16.2. The van der Waals surface area contributed by atoms with Crippen LogP contribution in [0.2, 0.25) is 0 Å². The maximum Gasteiger partial charge on any atom is 0.417 e. The minimum atomic E-state index is -4.44. The van der Waals surface area contributed by atoms with Crippen molar-refractivity contribution >= 4 is 11.6 Å². The Morgan fingerprint density at radius 2 is 1.93 bits per heavy atom. The molecule has 1 aliphatic heterocycles. The molecule has 1 aromatic carbocycles. The molecule has 1 aliphatic rings. The molecule has 1 atom stereocenters. The van der Waals surface area contributed by atoms with Gasteiger partial charge in [-0.05, 0) is 30.5 Å². The smallest absolute Gasteiger partial charge is 0.367 e. The van der Waals surface area contributed by atoms with E-state index in [1.165, 1.54) is 10.5 Å². The molecule has 1 amide bonds. The van der Waals surface area contributed by atoms with Gasteiger partial charge in [0.2, 0.25) is 5.91 Å². The van der Waals surface area contributed by atoms with E-state index in [0.29, 0.717) is 31.2 Å². The molecular formula is C21H21F3N4O2. The fourth-order valence-corrected chi connectivity index (χ4v) is 3.69. The van der Waals surface area contributed by atoms with Crippen molar-refractivity contribution in [1.82, 2.24) is 19.5 Å². The van der Waals surface area contributed by atoms with Crippen LogP contribution in [-0.4, -0.2) is 45.1 Å². The van der Waals surface area contributed by atoms with Crippen LogP contribution in [0.25, 0.3) is 5.65 Å². The van der Waals surface area contributed by atoms with Crippen LogP contribution in [0.5, 0.6) is 0 Å². The highest BCUT2D eigenvalue weighted by Gasteiger charge is 2.32. The average molecular weight is 418 g/mol. The van der Waals surface area contributed by atoms with Gasteiger partial charge in [0.25, 0.3) is 0 Å². The summed E-state index contributed by atoms with van der Waals surface area (Å²) in [5, 5.41) is 8.10. The van der Waals surface area contributed by atoms with Gasteiger partial charge in [-0.25, -0.2) is 0 Å². The van der Waals surface area contributed by atoms with Crippen molar-refractivity contribution in [2.75, 3.05) is 19.7 Å². The zero-order chi connectivity index (χ0) is 21.1. The van der Waals surface area contributed by atoms with E-state index in [4.69, 9.17) is 4.74 Å². The second kappa shape index (κ2) is 8.43. The quantitative estimate of drug-likeness (QED) is 0.635. The fourth-order valence-electron chi connectivity index (χ4n) is 3.69. The van der Waals surface area contributed by atoms with Gasteiger partial charge < -0.3 is 9.64 Å². The third-order valence-electron chi connectivity index (χ3n) is 5.23. The lowest BCUT2D eigenvalue weighted by Gasteiger charge is -2.32. The number of carbonyl (C=O) groups is 1. The molecule has 158 valence electrons. The van der Waals surface area contributed by atoms with Crippen molar-refractivity contribution in [3.8, 4) is 0 Å². The van der Waals surface area contributed by atoms with Gasteiger partial charge >= 0.3 is 6.18 Å². The normalized spacial score (nSPS) is 17.4. The van der Waals surface area contributed by atoms with E-state index in [1.807, 2.05) is 30.3 Å². The second-order valence-corrected chi connectivity index (χ2v) is 7.36. The lowest BCUT2D eigenvalue weighted by molar-refractivity contribution is -0.138. The highest BCUT2D eigenvalue weighted by Crippen LogP contribution is 2.31. The van der Waals surface area contributed by atoms with Crippen LogP contribution in [0.15, 0.2) is 48.7 Å². The Kier molecular flexibility index (Phi) is 5.72. The first-order chi connectivity index (χ1) is 14.4. The minimum absolute atomic E-state index is 0.0413. The Balaban J connectivity index is 1.43. The number of hydrogen-bond acceptors (Lipinski definition) is 4. The first kappa shape index (κ1) is 20.3. The van der Waals surface area contributed by atoms with Crippen LogP contribution < -0.4 is 0 Å². The molecule has 1 fully saturated rings. The number of rotatable bonds is 5. The van der Waals surface area contributed by atoms with Gasteiger partial charge in [-0.15, -0.1) is 10.2 Å². The van der Waals surface area contributed by atoms with Crippen LogP contribution in [0.4, 0.5) is 13.2 Å². The Morgan fingerprint density at radius 1 is 1.13 bits per heavy atom. The van der Waals surface area contributed by atoms with E-state index >= 15 is 0 Å². The van der Waals surface area contributed by atoms with Crippen LogP contribution in [0.1, 0.15) is 35.7 Å². The molecule has 3 aromatic rings. The van der Waals surface area contributed by atoms with E-state index < -0.39 is 11.7 Å². The summed E-state index contributed by atoms with van der Waals surface area (Å²) in [5.74, 6) is 0.120. The van der Waals surface area contributed by atoms with Gasteiger partial charge in [0.15, 0.2) is 5.65 Å². The van der Waals surface area contributed by atoms with E-state index in [0.717, 1.165) is 30.7 Å². The highest BCUT2D eigenvalue weighted by molar-refractivity contribution is 5.77. The number of aromatic nitrogens is 3. The summed E-state index contributed by atoms with van der Waals surface area (Å²) < 4.78 is 46.2. The number of nitrogens with zero attached hydrogens (tertiary/aromatic N) is 4. The monoisotopic (exact) mass is 418 g/mol. The molecular weight excluding hydrogens is 397 g/mol. The Bertz CT molecular complexity index is 1020. The van der Waals surface area contributed by atoms with Crippen molar-refractivity contribution in [2.45, 2.75) is 31.5 Å². The molecule has 9 heteroatoms. The van der Waals surface area contributed by atoms with E-state index in [2.05, 4.69) is 10.2 Å². The first-order valence-corrected chi connectivity index (χ1v) is 9.73. The van der Waals surface area contributed by atoms with Crippen LogP contribution in [-0.2, 0) is 22.3 Å². The number of amides is 1. The van der Waals surface area contributed by atoms with Crippen LogP contribution >= 0.6 is 0 Å². The van der Waals surface area contributed by atoms with E-state index in [1.54, 1.807) is 4.90 Å². The largest absolute Gasteiger partial charge is 0.417 e. The third-order valence-corrected chi connectivity index (χ3v) is 5.23. The summed E-state index contributed by atoms with van der Waals surface area (Å²) in [6, 6.07) is 11.9. The SMILES string of the molecule is O=C(COCc1ccccc1)N1CCCC(c2nnc3ccc(C(F)(F)F)cn23)C1. The molecule has 0 aliphatic carbocycles. The van der Waals surface area contributed by atoms with Crippen molar-refractivity contribution in [2.24, 2.45) is 0 Å². The minimum Gasteiger partial charge on any atom is -0.367 e. The number of fused-ring (bicyclic) bond motifs is 1. The lowest BCUT2D eigenvalue weighted by atomic mass is 9.97. The average Bonchev–Trinajstić information content (AvgIpc) is 3.17. The third kappa shape index (κ3) is 4.46. The van der Waals surface area contributed by atoms with Gasteiger partial charge in [0.05, 0.1) is 12.2 Å². The molecule has 0 spiro atoms. The van der Waals surface area contributed by atoms with E-state index in [9.17, 15) is 18.0 Å². The van der Waals surface area contributed by atoms with Gasteiger partial charge in [-0.1, -0.05) is 30.3 Å². The predicted molar refractivity (Wildman–Crippen MR) is 103 cm³/mol. The standard InChI is InChI=1S/C21H21F3N4O2/c22-21(23,24)17-8-9-18-25-26-20(28(18)12-17)16-7-4-10-27(11-16)19(29)14-30-13-15-5-2-1-3-6-15/h1-3,5-6,8-9,12,16H,4,7,10-11,13-14H2. The molecule has 2 aromatic heterocycles. The highest BCUT2D eigenvalue weighted by atomic mass is 19.4. The van der Waals surface area contributed by atoms with Gasteiger partial charge in [-0.3, -0.25) is 9.20 Å². The zero-order valence-electron chi connectivity index (χ0n) is 16.2. The molecule has 0 bridgehead atoms. The summed E-state index contributed by atoms with van der Waals surface area (Å²) >= 11 is 0. The molecule has 1 saturated heterocycles. The molecule has 1 unspecified atom stereocenters. The number of piperidine rings is 1. The maximum absolute atomic E-state index is 13.1. The number of likely N-dealkylation sites (tertiary alicyclic amines) is 1. The summed E-state index contributed by atoms with van der Waals surface area (Å²) in [7, 11) is 0. The second-order valence-electron chi connectivity index (χ2n) is 7.36. The van der Waals surface area contributed by atoms with Crippen molar-refractivity contribution in [3.05, 3.63) is 65.6 Å². The summed E-state index contributed by atoms with van der Waals surface area (Å²) in [4.78, 5) is 14.3. The number of ether oxygens (including phenoxy) is 1. The summed E-state index contributed by atoms with van der Waals surface area (Å²) in [6.45, 7) is 1.28. The van der Waals surface area contributed by atoms with Gasteiger partial charge in [-0.2, -0.15) is 13.2 Å². The van der Waals surface area contributed by atoms with Gasteiger partial charge in [0.1, 0.15) is 12.4 Å². The molecule has 0 saturated carbocycles. The van der Waals surface area contributed by atoms with Gasteiger partial charge in [0, 0.05) is 25.2 Å². The molecule has 6 nitrogen and oxygen atoms in total.